The second kappa shape index (κ2) is 9.63. The molecule has 34 heavy (non-hydrogen) atoms. The molecule has 0 bridgehead atoms. The zero-order valence-corrected chi connectivity index (χ0v) is 20.2. The summed E-state index contributed by atoms with van der Waals surface area (Å²) >= 11 is 1.67. The highest BCUT2D eigenvalue weighted by atomic mass is 32.1. The van der Waals surface area contributed by atoms with Crippen LogP contribution in [0, 0.1) is 5.92 Å². The summed E-state index contributed by atoms with van der Waals surface area (Å²) in [6.07, 6.45) is 2.18. The summed E-state index contributed by atoms with van der Waals surface area (Å²) < 4.78 is 54.1. The SMILES string of the molecule is C[C@@H]1Cc2c([nH]c3ccccc23)[C@@H](c2ccc(CC3CN(CCCF)C3)s2)N1CC(F)(F)CF. The van der Waals surface area contributed by atoms with Crippen LogP contribution < -0.4 is 0 Å². The Kier molecular flexibility index (Phi) is 6.75. The maximum absolute atomic E-state index is 14.3. The van der Waals surface area contributed by atoms with Gasteiger partial charge in [0.15, 0.2) is 6.67 Å². The minimum Gasteiger partial charge on any atom is -0.357 e. The van der Waals surface area contributed by atoms with Gasteiger partial charge in [0.1, 0.15) is 0 Å². The highest BCUT2D eigenvalue weighted by molar-refractivity contribution is 7.12. The second-order valence-corrected chi connectivity index (χ2v) is 11.1. The van der Waals surface area contributed by atoms with E-state index in [0.717, 1.165) is 47.5 Å². The molecule has 3 aromatic rings. The van der Waals surface area contributed by atoms with Crippen molar-refractivity contribution in [3.05, 3.63) is 57.4 Å². The standard InChI is InChI=1S/C26H31F4N3S/c1-17-11-21-20-5-2-3-6-22(20)31-24(21)25(33(17)16-26(29,30)15-28)23-8-7-19(34-23)12-18-13-32(14-18)10-4-9-27/h2-3,5-8,17-18,25,31H,4,9-16H2,1H3/t17-,25-/m1/s1. The number of alkyl halides is 4. The molecule has 0 unspecified atom stereocenters. The van der Waals surface area contributed by atoms with Crippen LogP contribution >= 0.6 is 11.3 Å². The van der Waals surface area contributed by atoms with Crippen LogP contribution in [-0.2, 0) is 12.8 Å². The van der Waals surface area contributed by atoms with Gasteiger partial charge in [-0.3, -0.25) is 9.29 Å². The van der Waals surface area contributed by atoms with Crippen molar-refractivity contribution >= 4 is 22.2 Å². The van der Waals surface area contributed by atoms with Crippen molar-refractivity contribution in [1.29, 1.82) is 0 Å². The molecule has 4 heterocycles. The van der Waals surface area contributed by atoms with Crippen LogP contribution in [0.25, 0.3) is 10.9 Å². The van der Waals surface area contributed by atoms with Crippen molar-refractivity contribution in [3.8, 4) is 0 Å². The normalized spacial score (nSPS) is 22.3. The summed E-state index contributed by atoms with van der Waals surface area (Å²) in [7, 11) is 0. The smallest absolute Gasteiger partial charge is 0.288 e. The molecular formula is C26H31F4N3S. The van der Waals surface area contributed by atoms with Crippen molar-refractivity contribution in [2.24, 2.45) is 5.92 Å². The van der Waals surface area contributed by atoms with Crippen molar-refractivity contribution in [1.82, 2.24) is 14.8 Å². The van der Waals surface area contributed by atoms with Crippen LogP contribution in [0.2, 0.25) is 0 Å². The monoisotopic (exact) mass is 493 g/mol. The molecule has 2 aromatic heterocycles. The topological polar surface area (TPSA) is 22.3 Å². The van der Waals surface area contributed by atoms with E-state index in [-0.39, 0.29) is 18.8 Å². The van der Waals surface area contributed by atoms with Crippen LogP contribution in [0.5, 0.6) is 0 Å². The first-order chi connectivity index (χ1) is 16.4. The first-order valence-electron chi connectivity index (χ1n) is 12.0. The Morgan fingerprint density at radius 2 is 1.91 bits per heavy atom. The fourth-order valence-corrected chi connectivity index (χ4v) is 6.84. The molecule has 2 aliphatic heterocycles. The molecule has 8 heteroatoms. The summed E-state index contributed by atoms with van der Waals surface area (Å²) in [5, 5.41) is 1.13. The fraction of sp³-hybridized carbons (Fsp3) is 0.538. The van der Waals surface area contributed by atoms with Crippen molar-refractivity contribution < 1.29 is 17.6 Å². The number of hydrogen-bond donors (Lipinski definition) is 1. The van der Waals surface area contributed by atoms with Crippen molar-refractivity contribution in [2.45, 2.75) is 44.2 Å². The Hall–Kier alpha value is -1.90. The lowest BCUT2D eigenvalue weighted by Crippen LogP contribution is -2.48. The van der Waals surface area contributed by atoms with Crippen LogP contribution in [0.4, 0.5) is 17.6 Å². The van der Waals surface area contributed by atoms with Gasteiger partial charge in [-0.2, -0.15) is 0 Å². The van der Waals surface area contributed by atoms with E-state index in [1.807, 2.05) is 25.1 Å². The van der Waals surface area contributed by atoms with Gasteiger partial charge < -0.3 is 9.88 Å². The van der Waals surface area contributed by atoms with Gasteiger partial charge in [0.25, 0.3) is 5.92 Å². The summed E-state index contributed by atoms with van der Waals surface area (Å²) in [5.41, 5.74) is 3.12. The van der Waals surface area contributed by atoms with Crippen LogP contribution in [-0.4, -0.2) is 66.3 Å². The lowest BCUT2D eigenvalue weighted by atomic mass is 9.91. The van der Waals surface area contributed by atoms with Gasteiger partial charge in [-0.15, -0.1) is 11.3 Å². The Morgan fingerprint density at radius 1 is 1.12 bits per heavy atom. The zero-order valence-electron chi connectivity index (χ0n) is 19.4. The molecule has 1 fully saturated rings. The molecule has 1 N–H and O–H groups in total. The minimum absolute atomic E-state index is 0.143. The Bertz CT molecular complexity index is 1120. The van der Waals surface area contributed by atoms with Gasteiger partial charge in [-0.1, -0.05) is 18.2 Å². The summed E-state index contributed by atoms with van der Waals surface area (Å²) in [5.74, 6) is -2.84. The number of rotatable bonds is 9. The number of hydrogen-bond acceptors (Lipinski definition) is 3. The van der Waals surface area contributed by atoms with E-state index >= 15 is 0 Å². The summed E-state index contributed by atoms with van der Waals surface area (Å²) in [6.45, 7) is 2.19. The number of thiophene rings is 1. The Morgan fingerprint density at radius 3 is 2.68 bits per heavy atom. The van der Waals surface area contributed by atoms with Gasteiger partial charge in [0.2, 0.25) is 0 Å². The Labute approximate surface area is 201 Å². The lowest BCUT2D eigenvalue weighted by molar-refractivity contribution is -0.0669. The van der Waals surface area contributed by atoms with Gasteiger partial charge in [0, 0.05) is 52.0 Å². The van der Waals surface area contributed by atoms with Crippen LogP contribution in [0.3, 0.4) is 0 Å². The number of H-pyrrole nitrogens is 1. The fourth-order valence-electron chi connectivity index (χ4n) is 5.58. The molecule has 0 amide bonds. The number of likely N-dealkylation sites (tertiary alicyclic amines) is 1. The number of benzene rings is 1. The van der Waals surface area contributed by atoms with Gasteiger partial charge in [-0.05, 0) is 55.9 Å². The van der Waals surface area contributed by atoms with E-state index in [1.165, 1.54) is 10.4 Å². The van der Waals surface area contributed by atoms with E-state index in [1.54, 1.807) is 16.2 Å². The number of aromatic nitrogens is 1. The average molecular weight is 494 g/mol. The maximum Gasteiger partial charge on any atom is 0.288 e. The quantitative estimate of drug-likeness (QED) is 0.369. The van der Waals surface area contributed by atoms with E-state index in [0.29, 0.717) is 18.8 Å². The van der Waals surface area contributed by atoms with E-state index in [2.05, 4.69) is 28.1 Å². The highest BCUT2D eigenvalue weighted by Crippen LogP contribution is 2.44. The summed E-state index contributed by atoms with van der Waals surface area (Å²) in [4.78, 5) is 9.80. The average Bonchev–Trinajstić information content (AvgIpc) is 3.40. The molecular weight excluding hydrogens is 462 g/mol. The largest absolute Gasteiger partial charge is 0.357 e. The molecule has 0 saturated carbocycles. The molecule has 3 nitrogen and oxygen atoms in total. The van der Waals surface area contributed by atoms with E-state index in [9.17, 15) is 17.6 Å². The minimum atomic E-state index is -3.38. The molecule has 1 aromatic carbocycles. The molecule has 1 saturated heterocycles. The third kappa shape index (κ3) is 4.64. The molecule has 0 radical (unpaired) electrons. The molecule has 184 valence electrons. The molecule has 0 spiro atoms. The Balaban J connectivity index is 1.43. The predicted octanol–water partition coefficient (Wildman–Crippen LogP) is 6.00. The van der Waals surface area contributed by atoms with E-state index in [4.69, 9.17) is 0 Å². The molecule has 2 aliphatic rings. The number of nitrogens with zero attached hydrogens (tertiary/aromatic N) is 2. The highest BCUT2D eigenvalue weighted by Gasteiger charge is 2.42. The third-order valence-electron chi connectivity index (χ3n) is 7.21. The first-order valence-corrected chi connectivity index (χ1v) is 12.9. The van der Waals surface area contributed by atoms with E-state index < -0.39 is 19.1 Å². The number of aromatic amines is 1. The van der Waals surface area contributed by atoms with Crippen molar-refractivity contribution in [2.75, 3.05) is 39.5 Å². The summed E-state index contributed by atoms with van der Waals surface area (Å²) in [6, 6.07) is 11.7. The molecule has 5 rings (SSSR count). The number of nitrogens with one attached hydrogen (secondary N) is 1. The van der Waals surface area contributed by atoms with Crippen LogP contribution in [0.1, 0.15) is 40.4 Å². The van der Waals surface area contributed by atoms with Gasteiger partial charge >= 0.3 is 0 Å². The first kappa shape index (κ1) is 23.8. The van der Waals surface area contributed by atoms with Crippen LogP contribution in [0.15, 0.2) is 36.4 Å². The number of fused-ring (bicyclic) bond motifs is 3. The second-order valence-electron chi connectivity index (χ2n) is 9.86. The molecule has 0 aliphatic carbocycles. The van der Waals surface area contributed by atoms with Crippen molar-refractivity contribution in [3.63, 3.8) is 0 Å². The predicted molar refractivity (Wildman–Crippen MR) is 129 cm³/mol. The lowest BCUT2D eigenvalue weighted by Gasteiger charge is -2.41. The number of para-hydroxylation sites is 1. The molecule has 2 atom stereocenters. The van der Waals surface area contributed by atoms with Gasteiger partial charge in [-0.25, -0.2) is 13.2 Å². The van der Waals surface area contributed by atoms with Gasteiger partial charge in [0.05, 0.1) is 19.3 Å². The zero-order chi connectivity index (χ0) is 23.9. The third-order valence-corrected chi connectivity index (χ3v) is 8.37. The number of halogens is 4. The maximum atomic E-state index is 14.3.